The van der Waals surface area contributed by atoms with Crippen LogP contribution in [0.25, 0.3) is 0 Å². The SMILES string of the molecule is CC(N(C)CCCC(C)(C)C(N)=NO)C(C)(C)C. The van der Waals surface area contributed by atoms with E-state index in [4.69, 9.17) is 10.9 Å². The third-order valence-electron chi connectivity index (χ3n) is 4.03. The van der Waals surface area contributed by atoms with Gasteiger partial charge in [-0.15, -0.1) is 0 Å². The third-order valence-corrected chi connectivity index (χ3v) is 4.03. The number of nitrogens with zero attached hydrogens (tertiary/aromatic N) is 2. The molecule has 0 bridgehead atoms. The van der Waals surface area contributed by atoms with Gasteiger partial charge in [0.15, 0.2) is 0 Å². The topological polar surface area (TPSA) is 61.8 Å². The summed E-state index contributed by atoms with van der Waals surface area (Å²) in [6, 6.07) is 0.532. The van der Waals surface area contributed by atoms with Crippen molar-refractivity contribution in [3.8, 4) is 0 Å². The predicted octanol–water partition coefficient (Wildman–Crippen LogP) is 2.91. The van der Waals surface area contributed by atoms with Gasteiger partial charge in [-0.05, 0) is 38.8 Å². The molecule has 3 N–H and O–H groups in total. The molecule has 0 saturated heterocycles. The van der Waals surface area contributed by atoms with Crippen LogP contribution in [0.2, 0.25) is 0 Å². The highest BCUT2D eigenvalue weighted by atomic mass is 16.4. The fourth-order valence-corrected chi connectivity index (χ4v) is 1.89. The minimum absolute atomic E-state index is 0.236. The van der Waals surface area contributed by atoms with Gasteiger partial charge >= 0.3 is 0 Å². The van der Waals surface area contributed by atoms with E-state index < -0.39 is 0 Å². The molecule has 1 atom stereocenters. The number of oxime groups is 1. The fraction of sp³-hybridized carbons (Fsp3) is 0.929. The van der Waals surface area contributed by atoms with Crippen molar-refractivity contribution >= 4 is 5.84 Å². The summed E-state index contributed by atoms with van der Waals surface area (Å²) < 4.78 is 0. The van der Waals surface area contributed by atoms with Crippen LogP contribution in [0, 0.1) is 10.8 Å². The Kier molecular flexibility index (Phi) is 6.14. The zero-order valence-electron chi connectivity index (χ0n) is 13.1. The van der Waals surface area contributed by atoms with Crippen LogP contribution < -0.4 is 5.73 Å². The second kappa shape index (κ2) is 6.41. The molecule has 0 amide bonds. The Morgan fingerprint density at radius 3 is 2.17 bits per heavy atom. The fourth-order valence-electron chi connectivity index (χ4n) is 1.89. The standard InChI is InChI=1S/C14H31N3O/c1-11(13(2,3)4)17(7)10-8-9-14(5,6)12(15)16-18/h11,18H,8-10H2,1-7H3,(H2,15,16). The molecule has 108 valence electrons. The van der Waals surface area contributed by atoms with Crippen molar-refractivity contribution in [3.05, 3.63) is 0 Å². The zero-order chi connectivity index (χ0) is 14.6. The first kappa shape index (κ1) is 17.2. The number of hydrogen-bond acceptors (Lipinski definition) is 3. The van der Waals surface area contributed by atoms with E-state index in [1.807, 2.05) is 13.8 Å². The lowest BCUT2D eigenvalue weighted by Crippen LogP contribution is -2.40. The molecule has 0 aliphatic carbocycles. The maximum absolute atomic E-state index is 8.73. The minimum Gasteiger partial charge on any atom is -0.409 e. The van der Waals surface area contributed by atoms with Crippen LogP contribution in [0.15, 0.2) is 5.16 Å². The number of hydrogen-bond donors (Lipinski definition) is 2. The molecule has 4 nitrogen and oxygen atoms in total. The van der Waals surface area contributed by atoms with Crippen molar-refractivity contribution in [1.29, 1.82) is 0 Å². The van der Waals surface area contributed by atoms with Crippen molar-refractivity contribution in [2.75, 3.05) is 13.6 Å². The van der Waals surface area contributed by atoms with E-state index in [1.165, 1.54) is 0 Å². The molecule has 0 radical (unpaired) electrons. The van der Waals surface area contributed by atoms with Gasteiger partial charge in [0.25, 0.3) is 0 Å². The molecule has 0 aromatic rings. The smallest absolute Gasteiger partial charge is 0.144 e. The predicted molar refractivity (Wildman–Crippen MR) is 78.0 cm³/mol. The lowest BCUT2D eigenvalue weighted by Gasteiger charge is -2.36. The molecule has 0 aromatic heterocycles. The second-order valence-electron chi connectivity index (χ2n) is 7.00. The van der Waals surface area contributed by atoms with Gasteiger partial charge in [0, 0.05) is 11.5 Å². The number of amidine groups is 1. The first-order valence-electron chi connectivity index (χ1n) is 6.70. The normalized spacial score (nSPS) is 16.1. The van der Waals surface area contributed by atoms with Crippen LogP contribution in [-0.2, 0) is 0 Å². The Morgan fingerprint density at radius 2 is 1.78 bits per heavy atom. The highest BCUT2D eigenvalue weighted by Gasteiger charge is 2.26. The van der Waals surface area contributed by atoms with Crippen LogP contribution in [0.3, 0.4) is 0 Å². The molecule has 0 aliphatic rings. The van der Waals surface area contributed by atoms with E-state index in [2.05, 4.69) is 44.8 Å². The summed E-state index contributed by atoms with van der Waals surface area (Å²) in [6.07, 6.45) is 1.96. The zero-order valence-corrected chi connectivity index (χ0v) is 13.1. The average molecular weight is 257 g/mol. The van der Waals surface area contributed by atoms with Crippen LogP contribution in [0.4, 0.5) is 0 Å². The average Bonchev–Trinajstić information content (AvgIpc) is 2.25. The molecule has 0 aromatic carbocycles. The van der Waals surface area contributed by atoms with Crippen molar-refractivity contribution in [3.63, 3.8) is 0 Å². The first-order chi connectivity index (χ1) is 8.02. The first-order valence-corrected chi connectivity index (χ1v) is 6.70. The summed E-state index contributed by atoms with van der Waals surface area (Å²) in [7, 11) is 2.16. The van der Waals surface area contributed by atoms with Gasteiger partial charge in [0.05, 0.1) is 0 Å². The molecule has 4 heteroatoms. The summed E-state index contributed by atoms with van der Waals surface area (Å²) in [6.45, 7) is 14.1. The van der Waals surface area contributed by atoms with Crippen molar-refractivity contribution in [1.82, 2.24) is 4.90 Å². The quantitative estimate of drug-likeness (QED) is 0.333. The Morgan fingerprint density at radius 1 is 1.28 bits per heavy atom. The summed E-state index contributed by atoms with van der Waals surface area (Å²) in [5, 5.41) is 11.8. The van der Waals surface area contributed by atoms with Crippen LogP contribution >= 0.6 is 0 Å². The molecule has 18 heavy (non-hydrogen) atoms. The molecule has 0 spiro atoms. The van der Waals surface area contributed by atoms with Crippen LogP contribution in [0.5, 0.6) is 0 Å². The van der Waals surface area contributed by atoms with Gasteiger partial charge in [0.2, 0.25) is 0 Å². The van der Waals surface area contributed by atoms with E-state index in [1.54, 1.807) is 0 Å². The van der Waals surface area contributed by atoms with Gasteiger partial charge in [-0.2, -0.15) is 0 Å². The monoisotopic (exact) mass is 257 g/mol. The van der Waals surface area contributed by atoms with Gasteiger partial charge in [-0.25, -0.2) is 0 Å². The lowest BCUT2D eigenvalue weighted by molar-refractivity contribution is 0.136. The Balaban J connectivity index is 4.21. The molecular weight excluding hydrogens is 226 g/mol. The summed E-state index contributed by atoms with van der Waals surface area (Å²) in [4.78, 5) is 2.38. The lowest BCUT2D eigenvalue weighted by atomic mass is 9.85. The summed E-state index contributed by atoms with van der Waals surface area (Å²) in [5.74, 6) is 0.314. The van der Waals surface area contributed by atoms with Crippen LogP contribution in [0.1, 0.15) is 54.4 Å². The molecule has 0 saturated carbocycles. The number of rotatable bonds is 6. The Labute approximate surface area is 112 Å². The van der Waals surface area contributed by atoms with E-state index in [9.17, 15) is 0 Å². The molecule has 0 fully saturated rings. The molecule has 0 aliphatic heterocycles. The molecule has 1 unspecified atom stereocenters. The number of nitrogens with two attached hydrogens (primary N) is 1. The van der Waals surface area contributed by atoms with Crippen LogP contribution in [-0.4, -0.2) is 35.6 Å². The van der Waals surface area contributed by atoms with E-state index in [0.717, 1.165) is 19.4 Å². The molecule has 0 rings (SSSR count). The van der Waals surface area contributed by atoms with Gasteiger partial charge < -0.3 is 15.8 Å². The van der Waals surface area contributed by atoms with Crippen molar-refractivity contribution in [2.24, 2.45) is 21.7 Å². The largest absolute Gasteiger partial charge is 0.409 e. The summed E-state index contributed by atoms with van der Waals surface area (Å²) >= 11 is 0. The molecule has 0 heterocycles. The highest BCUT2D eigenvalue weighted by molar-refractivity contribution is 5.85. The Hall–Kier alpha value is -0.770. The maximum Gasteiger partial charge on any atom is 0.144 e. The van der Waals surface area contributed by atoms with E-state index >= 15 is 0 Å². The van der Waals surface area contributed by atoms with Gasteiger partial charge in [0.1, 0.15) is 5.84 Å². The highest BCUT2D eigenvalue weighted by Crippen LogP contribution is 2.25. The minimum atomic E-state index is -0.236. The van der Waals surface area contributed by atoms with Gasteiger partial charge in [-0.1, -0.05) is 39.8 Å². The molecular formula is C14H31N3O. The van der Waals surface area contributed by atoms with Gasteiger partial charge in [-0.3, -0.25) is 0 Å². The van der Waals surface area contributed by atoms with E-state index in [-0.39, 0.29) is 10.8 Å². The Bertz CT molecular complexity index is 279. The van der Waals surface area contributed by atoms with Crippen molar-refractivity contribution in [2.45, 2.75) is 60.4 Å². The third kappa shape index (κ3) is 5.25. The maximum atomic E-state index is 8.73. The van der Waals surface area contributed by atoms with Crippen molar-refractivity contribution < 1.29 is 5.21 Å². The second-order valence-corrected chi connectivity index (χ2v) is 7.00. The summed E-state index contributed by atoms with van der Waals surface area (Å²) in [5.41, 5.74) is 5.74. The van der Waals surface area contributed by atoms with E-state index in [0.29, 0.717) is 11.9 Å².